The summed E-state index contributed by atoms with van der Waals surface area (Å²) in [6.45, 7) is 14.3. The largest absolute Gasteiger partial charge is 0.357 e. The second kappa shape index (κ2) is 8.81. The molecule has 0 bridgehead atoms. The molecule has 4 nitrogen and oxygen atoms in total. The number of hydrogen-bond donors (Lipinski definition) is 2. The molecule has 0 amide bonds. The summed E-state index contributed by atoms with van der Waals surface area (Å²) in [6.07, 6.45) is 0. The van der Waals surface area contributed by atoms with Crippen LogP contribution in [-0.4, -0.2) is 23.5 Å². The zero-order valence-electron chi connectivity index (χ0n) is 13.3. The van der Waals surface area contributed by atoms with Gasteiger partial charge in [-0.2, -0.15) is 0 Å². The molecule has 0 saturated heterocycles. The molecule has 2 N–H and O–H groups in total. The molecule has 0 saturated carbocycles. The summed E-state index contributed by atoms with van der Waals surface area (Å²) < 4.78 is 0. The third-order valence-corrected chi connectivity index (χ3v) is 3.30. The Kier molecular flexibility index (Phi) is 8.65. The minimum Gasteiger partial charge on any atom is -0.357 e. The Morgan fingerprint density at radius 1 is 1.40 bits per heavy atom. The van der Waals surface area contributed by atoms with Crippen molar-refractivity contribution in [2.24, 2.45) is 4.99 Å². The average molecular weight is 410 g/mol. The van der Waals surface area contributed by atoms with E-state index in [1.807, 2.05) is 0 Å². The van der Waals surface area contributed by atoms with E-state index < -0.39 is 0 Å². The molecule has 1 aromatic rings. The van der Waals surface area contributed by atoms with Gasteiger partial charge in [-0.15, -0.1) is 35.3 Å². The third-order valence-electron chi connectivity index (χ3n) is 2.46. The molecule has 0 aliphatic carbocycles. The van der Waals surface area contributed by atoms with Gasteiger partial charge in [0, 0.05) is 23.4 Å². The fraction of sp³-hybridized carbons (Fsp3) is 0.714. The Labute approximate surface area is 143 Å². The van der Waals surface area contributed by atoms with E-state index in [4.69, 9.17) is 0 Å². The van der Waals surface area contributed by atoms with Gasteiger partial charge in [0.1, 0.15) is 5.01 Å². The van der Waals surface area contributed by atoms with Crippen LogP contribution in [0.4, 0.5) is 0 Å². The molecule has 0 fully saturated rings. The second-order valence-corrected chi connectivity index (χ2v) is 6.81. The predicted octanol–water partition coefficient (Wildman–Crippen LogP) is 3.52. The van der Waals surface area contributed by atoms with Crippen molar-refractivity contribution >= 4 is 41.3 Å². The van der Waals surface area contributed by atoms with Gasteiger partial charge in [0.25, 0.3) is 0 Å². The van der Waals surface area contributed by atoms with E-state index in [0.29, 0.717) is 12.6 Å². The normalized spacial score (nSPS) is 12.2. The molecule has 0 unspecified atom stereocenters. The van der Waals surface area contributed by atoms with Gasteiger partial charge < -0.3 is 10.6 Å². The van der Waals surface area contributed by atoms with E-state index in [9.17, 15) is 0 Å². The number of hydrogen-bond acceptors (Lipinski definition) is 3. The molecule has 0 spiro atoms. The summed E-state index contributed by atoms with van der Waals surface area (Å²) in [6, 6.07) is 0.374. The van der Waals surface area contributed by atoms with Gasteiger partial charge in [0.15, 0.2) is 5.96 Å². The summed E-state index contributed by atoms with van der Waals surface area (Å²) in [5.74, 6) is 0.852. The van der Waals surface area contributed by atoms with Crippen LogP contribution in [0.25, 0.3) is 0 Å². The molecular weight excluding hydrogens is 383 g/mol. The highest BCUT2D eigenvalue weighted by atomic mass is 127. The molecule has 116 valence electrons. The number of thiazole rings is 1. The fourth-order valence-electron chi connectivity index (χ4n) is 1.47. The number of halogens is 1. The lowest BCUT2D eigenvalue weighted by molar-refractivity contribution is 0.571. The summed E-state index contributed by atoms with van der Waals surface area (Å²) in [4.78, 5) is 9.21. The summed E-state index contributed by atoms with van der Waals surface area (Å²) in [5.41, 5.74) is 1.25. The number of guanidine groups is 1. The molecular formula is C14H27IN4S. The Morgan fingerprint density at radius 3 is 2.50 bits per heavy atom. The number of aliphatic imine (C=N–C) groups is 1. The molecule has 0 aromatic carbocycles. The van der Waals surface area contributed by atoms with Gasteiger partial charge in [-0.1, -0.05) is 20.8 Å². The maximum absolute atomic E-state index is 4.65. The molecule has 0 atom stereocenters. The Bertz CT molecular complexity index is 421. The maximum atomic E-state index is 4.65. The van der Waals surface area contributed by atoms with Gasteiger partial charge in [0.05, 0.1) is 12.2 Å². The lowest BCUT2D eigenvalue weighted by Crippen LogP contribution is -2.41. The van der Waals surface area contributed by atoms with Crippen LogP contribution in [0.15, 0.2) is 10.4 Å². The van der Waals surface area contributed by atoms with Gasteiger partial charge >= 0.3 is 0 Å². The monoisotopic (exact) mass is 410 g/mol. The van der Waals surface area contributed by atoms with Crippen LogP contribution in [0.2, 0.25) is 0 Å². The van der Waals surface area contributed by atoms with Crippen molar-refractivity contribution in [2.45, 2.75) is 59.5 Å². The molecule has 0 aliphatic rings. The van der Waals surface area contributed by atoms with Crippen molar-refractivity contribution in [3.8, 4) is 0 Å². The van der Waals surface area contributed by atoms with E-state index in [2.05, 4.69) is 67.5 Å². The Balaban J connectivity index is 0.00000361. The van der Waals surface area contributed by atoms with Gasteiger partial charge in [-0.05, 0) is 20.8 Å². The van der Waals surface area contributed by atoms with Crippen LogP contribution < -0.4 is 10.6 Å². The second-order valence-electron chi connectivity index (χ2n) is 5.87. The van der Waals surface area contributed by atoms with Crippen molar-refractivity contribution in [2.75, 3.05) is 6.54 Å². The molecule has 6 heteroatoms. The van der Waals surface area contributed by atoms with Crippen molar-refractivity contribution in [1.82, 2.24) is 15.6 Å². The maximum Gasteiger partial charge on any atom is 0.191 e. The predicted molar refractivity (Wildman–Crippen MR) is 99.3 cm³/mol. The van der Waals surface area contributed by atoms with Crippen LogP contribution in [0.5, 0.6) is 0 Å². The summed E-state index contributed by atoms with van der Waals surface area (Å²) in [7, 11) is 0. The first kappa shape index (κ1) is 19.6. The Hall–Kier alpha value is -0.370. The molecule has 20 heavy (non-hydrogen) atoms. The highest BCUT2D eigenvalue weighted by Crippen LogP contribution is 2.24. The van der Waals surface area contributed by atoms with Crippen LogP contribution in [0, 0.1) is 0 Å². The number of rotatable bonds is 4. The van der Waals surface area contributed by atoms with E-state index >= 15 is 0 Å². The number of aromatic nitrogens is 1. The average Bonchev–Trinajstić information content (AvgIpc) is 2.73. The smallest absolute Gasteiger partial charge is 0.191 e. The van der Waals surface area contributed by atoms with Crippen LogP contribution in [0.1, 0.15) is 52.2 Å². The molecule has 1 heterocycles. The van der Waals surface area contributed by atoms with E-state index in [-0.39, 0.29) is 29.4 Å². The summed E-state index contributed by atoms with van der Waals surface area (Å²) >= 11 is 1.68. The first-order valence-electron chi connectivity index (χ1n) is 6.82. The quantitative estimate of drug-likeness (QED) is 0.454. The Morgan fingerprint density at radius 2 is 2.05 bits per heavy atom. The SMILES string of the molecule is CCNC(=NCc1nc(C(C)(C)C)cs1)NC(C)C.I. The minimum absolute atomic E-state index is 0. The van der Waals surface area contributed by atoms with Crippen LogP contribution in [-0.2, 0) is 12.0 Å². The topological polar surface area (TPSA) is 49.3 Å². The van der Waals surface area contributed by atoms with Gasteiger partial charge in [0.2, 0.25) is 0 Å². The van der Waals surface area contributed by atoms with Crippen LogP contribution in [0.3, 0.4) is 0 Å². The fourth-order valence-corrected chi connectivity index (χ4v) is 2.41. The van der Waals surface area contributed by atoms with Crippen molar-refractivity contribution < 1.29 is 0 Å². The van der Waals surface area contributed by atoms with E-state index in [0.717, 1.165) is 23.2 Å². The zero-order chi connectivity index (χ0) is 14.5. The van der Waals surface area contributed by atoms with Crippen molar-refractivity contribution in [3.05, 3.63) is 16.1 Å². The number of nitrogens with zero attached hydrogens (tertiary/aromatic N) is 2. The molecule has 1 aromatic heterocycles. The van der Waals surface area contributed by atoms with E-state index in [1.165, 1.54) is 0 Å². The number of nitrogens with one attached hydrogen (secondary N) is 2. The first-order chi connectivity index (χ1) is 8.82. The molecule has 0 aliphatic heterocycles. The van der Waals surface area contributed by atoms with Crippen LogP contribution >= 0.6 is 35.3 Å². The molecule has 0 radical (unpaired) electrons. The molecule has 1 rings (SSSR count). The summed E-state index contributed by atoms with van der Waals surface area (Å²) in [5, 5.41) is 9.73. The third kappa shape index (κ3) is 6.88. The standard InChI is InChI=1S/C14H26N4S.HI/c1-7-15-13(17-10(2)3)16-8-12-18-11(9-19-12)14(4,5)6;/h9-10H,7-8H2,1-6H3,(H2,15,16,17);1H. The first-order valence-corrected chi connectivity index (χ1v) is 7.70. The van der Waals surface area contributed by atoms with Gasteiger partial charge in [-0.3, -0.25) is 0 Å². The highest BCUT2D eigenvalue weighted by molar-refractivity contribution is 14.0. The van der Waals surface area contributed by atoms with Gasteiger partial charge in [-0.25, -0.2) is 9.98 Å². The van der Waals surface area contributed by atoms with Crippen molar-refractivity contribution in [1.29, 1.82) is 0 Å². The van der Waals surface area contributed by atoms with Crippen molar-refractivity contribution in [3.63, 3.8) is 0 Å². The minimum atomic E-state index is 0. The lowest BCUT2D eigenvalue weighted by Gasteiger charge is -2.14. The lowest BCUT2D eigenvalue weighted by atomic mass is 9.93. The van der Waals surface area contributed by atoms with E-state index in [1.54, 1.807) is 11.3 Å². The highest BCUT2D eigenvalue weighted by Gasteiger charge is 2.17. The zero-order valence-corrected chi connectivity index (χ0v) is 16.4.